The van der Waals surface area contributed by atoms with E-state index in [2.05, 4.69) is 13.8 Å². The molecular weight excluding hydrogens is 320 g/mol. The molecule has 3 rings (SSSR count). The van der Waals surface area contributed by atoms with Gasteiger partial charge >= 0.3 is 0 Å². The van der Waals surface area contributed by atoms with Gasteiger partial charge in [-0.1, -0.05) is 31.5 Å². The average molecular weight is 345 g/mol. The Kier molecular flexibility index (Phi) is 5.40. The number of hydrogen-bond acceptors (Lipinski definition) is 2. The van der Waals surface area contributed by atoms with Gasteiger partial charge in [0.1, 0.15) is 0 Å². The SMILES string of the molecule is CCCN(CCC)C(=O)c1ccc2c(Cl)c3c(nc2c1)CCCC3. The monoisotopic (exact) mass is 344 g/mol. The van der Waals surface area contributed by atoms with Gasteiger partial charge in [0.25, 0.3) is 5.91 Å². The summed E-state index contributed by atoms with van der Waals surface area (Å²) in [5.74, 6) is 0.0937. The summed E-state index contributed by atoms with van der Waals surface area (Å²) in [5, 5.41) is 1.79. The number of benzene rings is 1. The molecule has 1 aromatic heterocycles. The number of nitrogens with zero attached hydrogens (tertiary/aromatic N) is 2. The van der Waals surface area contributed by atoms with Gasteiger partial charge in [-0.3, -0.25) is 9.78 Å². The molecule has 0 atom stereocenters. The van der Waals surface area contributed by atoms with Crippen LogP contribution in [0.4, 0.5) is 0 Å². The highest BCUT2D eigenvalue weighted by Crippen LogP contribution is 2.33. The van der Waals surface area contributed by atoms with Gasteiger partial charge in [-0.2, -0.15) is 0 Å². The number of fused-ring (bicyclic) bond motifs is 2. The van der Waals surface area contributed by atoms with Gasteiger partial charge < -0.3 is 4.90 Å². The minimum Gasteiger partial charge on any atom is -0.339 e. The molecule has 0 bridgehead atoms. The number of amides is 1. The van der Waals surface area contributed by atoms with Crippen LogP contribution in [0.5, 0.6) is 0 Å². The normalized spacial score (nSPS) is 13.8. The van der Waals surface area contributed by atoms with Crippen LogP contribution in [-0.4, -0.2) is 28.9 Å². The fourth-order valence-corrected chi connectivity index (χ4v) is 3.90. The first kappa shape index (κ1) is 17.2. The molecule has 1 amide bonds. The second kappa shape index (κ2) is 7.52. The number of aryl methyl sites for hydroxylation is 1. The molecule has 0 saturated heterocycles. The van der Waals surface area contributed by atoms with Crippen molar-refractivity contribution < 1.29 is 4.79 Å². The van der Waals surface area contributed by atoms with Crippen molar-refractivity contribution in [1.82, 2.24) is 9.88 Å². The van der Waals surface area contributed by atoms with Crippen LogP contribution in [0.25, 0.3) is 10.9 Å². The van der Waals surface area contributed by atoms with E-state index in [1.165, 1.54) is 18.4 Å². The van der Waals surface area contributed by atoms with E-state index in [-0.39, 0.29) is 5.91 Å². The number of rotatable bonds is 5. The van der Waals surface area contributed by atoms with Gasteiger partial charge in [0.05, 0.1) is 10.5 Å². The molecule has 2 aromatic rings. The minimum absolute atomic E-state index is 0.0937. The van der Waals surface area contributed by atoms with E-state index < -0.39 is 0 Å². The Morgan fingerprint density at radius 1 is 1.17 bits per heavy atom. The van der Waals surface area contributed by atoms with Crippen LogP contribution < -0.4 is 0 Å². The third-order valence-corrected chi connectivity index (χ3v) is 5.15. The van der Waals surface area contributed by atoms with E-state index in [0.29, 0.717) is 5.56 Å². The molecule has 0 aliphatic heterocycles. The standard InChI is InChI=1S/C20H25ClN2O/c1-3-11-23(12-4-2)20(24)14-9-10-16-18(13-14)22-17-8-6-5-7-15(17)19(16)21/h9-10,13H,3-8,11-12H2,1-2H3. The molecule has 0 N–H and O–H groups in total. The molecule has 1 aromatic carbocycles. The first-order valence-corrected chi connectivity index (χ1v) is 9.43. The number of carbonyl (C=O) groups is 1. The molecule has 0 saturated carbocycles. The number of aromatic nitrogens is 1. The predicted molar refractivity (Wildman–Crippen MR) is 99.9 cm³/mol. The van der Waals surface area contributed by atoms with Crippen molar-refractivity contribution in [2.75, 3.05) is 13.1 Å². The molecule has 1 heterocycles. The first-order chi connectivity index (χ1) is 11.7. The quantitative estimate of drug-likeness (QED) is 0.762. The van der Waals surface area contributed by atoms with Crippen LogP contribution in [0, 0.1) is 0 Å². The van der Waals surface area contributed by atoms with Crippen molar-refractivity contribution in [3.63, 3.8) is 0 Å². The topological polar surface area (TPSA) is 33.2 Å². The molecule has 0 fully saturated rings. The Balaban J connectivity index is 2.00. The summed E-state index contributed by atoms with van der Waals surface area (Å²) in [6.07, 6.45) is 6.29. The van der Waals surface area contributed by atoms with Crippen molar-refractivity contribution in [2.45, 2.75) is 52.4 Å². The maximum absolute atomic E-state index is 12.8. The molecule has 0 spiro atoms. The molecule has 0 unspecified atom stereocenters. The van der Waals surface area contributed by atoms with E-state index in [1.54, 1.807) is 0 Å². The highest BCUT2D eigenvalue weighted by molar-refractivity contribution is 6.36. The van der Waals surface area contributed by atoms with E-state index in [9.17, 15) is 4.79 Å². The van der Waals surface area contributed by atoms with Crippen LogP contribution in [-0.2, 0) is 12.8 Å². The van der Waals surface area contributed by atoms with Gasteiger partial charge in [0, 0.05) is 29.7 Å². The van der Waals surface area contributed by atoms with Crippen LogP contribution in [0.15, 0.2) is 18.2 Å². The van der Waals surface area contributed by atoms with Crippen LogP contribution in [0.3, 0.4) is 0 Å². The van der Waals surface area contributed by atoms with Crippen molar-refractivity contribution in [1.29, 1.82) is 0 Å². The Bertz CT molecular complexity index is 751. The van der Waals surface area contributed by atoms with Crippen LogP contribution >= 0.6 is 11.6 Å². The summed E-state index contributed by atoms with van der Waals surface area (Å²) in [6, 6.07) is 5.77. The zero-order chi connectivity index (χ0) is 17.1. The molecular formula is C20H25ClN2O. The molecule has 128 valence electrons. The summed E-state index contributed by atoms with van der Waals surface area (Å²) in [6.45, 7) is 5.79. The van der Waals surface area contributed by atoms with Crippen molar-refractivity contribution in [3.05, 3.63) is 40.0 Å². The summed E-state index contributed by atoms with van der Waals surface area (Å²) >= 11 is 6.62. The zero-order valence-electron chi connectivity index (χ0n) is 14.6. The van der Waals surface area contributed by atoms with Crippen molar-refractivity contribution >= 4 is 28.4 Å². The number of halogens is 1. The second-order valence-corrected chi connectivity index (χ2v) is 6.96. The van der Waals surface area contributed by atoms with E-state index >= 15 is 0 Å². The second-order valence-electron chi connectivity index (χ2n) is 6.58. The zero-order valence-corrected chi connectivity index (χ0v) is 15.3. The summed E-state index contributed by atoms with van der Waals surface area (Å²) in [7, 11) is 0. The first-order valence-electron chi connectivity index (χ1n) is 9.06. The van der Waals surface area contributed by atoms with E-state index in [1.807, 2.05) is 23.1 Å². The fraction of sp³-hybridized carbons (Fsp3) is 0.500. The lowest BCUT2D eigenvalue weighted by Crippen LogP contribution is -2.32. The largest absolute Gasteiger partial charge is 0.339 e. The molecule has 1 aliphatic rings. The number of carbonyl (C=O) groups excluding carboxylic acids is 1. The lowest BCUT2D eigenvalue weighted by molar-refractivity contribution is 0.0755. The van der Waals surface area contributed by atoms with Gasteiger partial charge in [0.2, 0.25) is 0 Å². The maximum Gasteiger partial charge on any atom is 0.253 e. The summed E-state index contributed by atoms with van der Waals surface area (Å²) < 4.78 is 0. The minimum atomic E-state index is 0.0937. The van der Waals surface area contributed by atoms with Crippen LogP contribution in [0.1, 0.15) is 61.1 Å². The van der Waals surface area contributed by atoms with Crippen LogP contribution in [0.2, 0.25) is 5.02 Å². The molecule has 3 nitrogen and oxygen atoms in total. The maximum atomic E-state index is 12.8. The predicted octanol–water partition coefficient (Wildman–Crippen LogP) is 5.03. The molecule has 4 heteroatoms. The average Bonchev–Trinajstić information content (AvgIpc) is 2.61. The summed E-state index contributed by atoms with van der Waals surface area (Å²) in [4.78, 5) is 19.6. The van der Waals surface area contributed by atoms with Gasteiger partial charge in [0.15, 0.2) is 0 Å². The van der Waals surface area contributed by atoms with Crippen molar-refractivity contribution in [3.8, 4) is 0 Å². The third-order valence-electron chi connectivity index (χ3n) is 4.71. The number of hydrogen-bond donors (Lipinski definition) is 0. The van der Waals surface area contributed by atoms with Gasteiger partial charge in [-0.15, -0.1) is 0 Å². The third kappa shape index (κ3) is 3.27. The molecule has 0 radical (unpaired) electrons. The Hall–Kier alpha value is -1.61. The molecule has 24 heavy (non-hydrogen) atoms. The lowest BCUT2D eigenvalue weighted by Gasteiger charge is -2.22. The molecule has 1 aliphatic carbocycles. The highest BCUT2D eigenvalue weighted by atomic mass is 35.5. The van der Waals surface area contributed by atoms with Crippen molar-refractivity contribution in [2.24, 2.45) is 0 Å². The fourth-order valence-electron chi connectivity index (χ4n) is 3.54. The van der Waals surface area contributed by atoms with E-state index in [0.717, 1.165) is 60.4 Å². The Labute approximate surface area is 149 Å². The van der Waals surface area contributed by atoms with Gasteiger partial charge in [-0.25, -0.2) is 0 Å². The number of pyridine rings is 1. The smallest absolute Gasteiger partial charge is 0.253 e. The summed E-state index contributed by atoms with van der Waals surface area (Å²) in [5.41, 5.74) is 3.87. The Morgan fingerprint density at radius 2 is 1.88 bits per heavy atom. The van der Waals surface area contributed by atoms with E-state index in [4.69, 9.17) is 16.6 Å². The lowest BCUT2D eigenvalue weighted by atomic mass is 9.94. The Morgan fingerprint density at radius 3 is 2.58 bits per heavy atom. The van der Waals surface area contributed by atoms with Gasteiger partial charge in [-0.05, 0) is 56.2 Å². The highest BCUT2D eigenvalue weighted by Gasteiger charge is 2.19.